The Bertz CT molecular complexity index is 745. The average Bonchev–Trinajstić information content (AvgIpc) is 2.92. The molecule has 0 atom stereocenters. The van der Waals surface area contributed by atoms with Gasteiger partial charge >= 0.3 is 0 Å². The normalized spacial score (nSPS) is 10.7. The lowest BCUT2D eigenvalue weighted by atomic mass is 10.0. The third kappa shape index (κ3) is 2.16. The monoisotopic (exact) mass is 266 g/mol. The minimum Gasteiger partial charge on any atom is -0.494 e. The molecular formula is C16H14N2O2. The zero-order valence-electron chi connectivity index (χ0n) is 11.1. The van der Waals surface area contributed by atoms with Gasteiger partial charge in [-0.25, -0.2) is 4.98 Å². The van der Waals surface area contributed by atoms with Gasteiger partial charge in [0, 0.05) is 28.9 Å². The van der Waals surface area contributed by atoms with Gasteiger partial charge in [-0.2, -0.15) is 0 Å². The lowest BCUT2D eigenvalue weighted by Crippen LogP contribution is -2.00. The number of ether oxygens (including phenoxy) is 1. The predicted molar refractivity (Wildman–Crippen MR) is 77.1 cm³/mol. The van der Waals surface area contributed by atoms with Crippen molar-refractivity contribution in [2.45, 2.75) is 6.92 Å². The molecule has 0 saturated heterocycles. The highest BCUT2D eigenvalue weighted by Crippen LogP contribution is 2.21. The van der Waals surface area contributed by atoms with Crippen molar-refractivity contribution in [1.29, 1.82) is 0 Å². The molecule has 0 saturated carbocycles. The summed E-state index contributed by atoms with van der Waals surface area (Å²) in [5, 5.41) is 0.839. The van der Waals surface area contributed by atoms with Crippen molar-refractivity contribution in [3.8, 4) is 5.75 Å². The van der Waals surface area contributed by atoms with Crippen LogP contribution in [0.2, 0.25) is 0 Å². The molecule has 4 nitrogen and oxygen atoms in total. The van der Waals surface area contributed by atoms with E-state index in [1.54, 1.807) is 24.5 Å². The molecule has 1 aromatic carbocycles. The van der Waals surface area contributed by atoms with Gasteiger partial charge in [0.1, 0.15) is 11.4 Å². The first-order valence-electron chi connectivity index (χ1n) is 6.49. The maximum atomic E-state index is 12.5. The smallest absolute Gasteiger partial charge is 0.195 e. The number of nitrogens with zero attached hydrogens (tertiary/aromatic N) is 1. The summed E-state index contributed by atoms with van der Waals surface area (Å²) in [6.07, 6.45) is 3.40. The van der Waals surface area contributed by atoms with Crippen LogP contribution in [0.5, 0.6) is 5.75 Å². The first kappa shape index (κ1) is 12.4. The van der Waals surface area contributed by atoms with Gasteiger partial charge < -0.3 is 9.72 Å². The number of benzene rings is 1. The number of fused-ring (bicyclic) bond motifs is 1. The maximum Gasteiger partial charge on any atom is 0.195 e. The van der Waals surface area contributed by atoms with Crippen LogP contribution in [0.15, 0.2) is 48.8 Å². The van der Waals surface area contributed by atoms with Crippen molar-refractivity contribution in [1.82, 2.24) is 9.97 Å². The lowest BCUT2D eigenvalue weighted by molar-refractivity contribution is 0.104. The minimum absolute atomic E-state index is 0.0210. The minimum atomic E-state index is -0.0210. The third-order valence-corrected chi connectivity index (χ3v) is 3.12. The molecule has 0 aliphatic rings. The largest absolute Gasteiger partial charge is 0.494 e. The topological polar surface area (TPSA) is 55.0 Å². The number of nitrogens with one attached hydrogen (secondary N) is 1. The molecule has 0 spiro atoms. The van der Waals surface area contributed by atoms with Crippen molar-refractivity contribution in [2.75, 3.05) is 6.61 Å². The molecule has 3 aromatic rings. The van der Waals surface area contributed by atoms with E-state index < -0.39 is 0 Å². The molecule has 3 rings (SSSR count). The van der Waals surface area contributed by atoms with Crippen LogP contribution >= 0.6 is 0 Å². The number of hydrogen-bond donors (Lipinski definition) is 1. The van der Waals surface area contributed by atoms with Crippen LogP contribution < -0.4 is 4.74 Å². The molecule has 20 heavy (non-hydrogen) atoms. The molecule has 2 aromatic heterocycles. The van der Waals surface area contributed by atoms with Crippen molar-refractivity contribution < 1.29 is 9.53 Å². The van der Waals surface area contributed by atoms with Crippen LogP contribution in [0.4, 0.5) is 0 Å². The SMILES string of the molecule is CCOc1ccc(C(=O)c2c[nH]c3ncccc23)cc1. The number of pyridine rings is 1. The van der Waals surface area contributed by atoms with E-state index in [2.05, 4.69) is 9.97 Å². The summed E-state index contributed by atoms with van der Waals surface area (Å²) in [4.78, 5) is 19.7. The van der Waals surface area contributed by atoms with E-state index in [9.17, 15) is 4.79 Å². The van der Waals surface area contributed by atoms with Crippen LogP contribution in [0, 0.1) is 0 Å². The summed E-state index contributed by atoms with van der Waals surface area (Å²) in [7, 11) is 0. The van der Waals surface area contributed by atoms with Crippen molar-refractivity contribution in [3.05, 3.63) is 59.9 Å². The van der Waals surface area contributed by atoms with Crippen LogP contribution in [0.3, 0.4) is 0 Å². The molecule has 100 valence electrons. The van der Waals surface area contributed by atoms with E-state index in [0.717, 1.165) is 16.8 Å². The summed E-state index contributed by atoms with van der Waals surface area (Å²) in [5.41, 5.74) is 2.00. The number of aromatic nitrogens is 2. The van der Waals surface area contributed by atoms with E-state index >= 15 is 0 Å². The van der Waals surface area contributed by atoms with Gasteiger partial charge in [0.2, 0.25) is 0 Å². The first-order chi connectivity index (χ1) is 9.79. The summed E-state index contributed by atoms with van der Waals surface area (Å²) in [6.45, 7) is 2.54. The summed E-state index contributed by atoms with van der Waals surface area (Å²) >= 11 is 0. The maximum absolute atomic E-state index is 12.5. The Morgan fingerprint density at radius 1 is 1.25 bits per heavy atom. The quantitative estimate of drug-likeness (QED) is 0.738. The highest BCUT2D eigenvalue weighted by molar-refractivity contribution is 6.15. The number of carbonyl (C=O) groups is 1. The van der Waals surface area contributed by atoms with Crippen LogP contribution in [0.25, 0.3) is 11.0 Å². The third-order valence-electron chi connectivity index (χ3n) is 3.12. The van der Waals surface area contributed by atoms with Crippen LogP contribution in [-0.4, -0.2) is 22.4 Å². The van der Waals surface area contributed by atoms with Crippen molar-refractivity contribution >= 4 is 16.8 Å². The molecule has 0 unspecified atom stereocenters. The number of hydrogen-bond acceptors (Lipinski definition) is 3. The highest BCUT2D eigenvalue weighted by Gasteiger charge is 2.14. The number of aromatic amines is 1. The standard InChI is InChI=1S/C16H14N2O2/c1-2-20-12-7-5-11(6-8-12)15(19)14-10-18-16-13(14)4-3-9-17-16/h3-10H,2H2,1H3,(H,17,18). The molecule has 1 N–H and O–H groups in total. The Balaban J connectivity index is 1.95. The fourth-order valence-corrected chi connectivity index (χ4v) is 2.17. The second kappa shape index (κ2) is 5.17. The average molecular weight is 266 g/mol. The second-order valence-electron chi connectivity index (χ2n) is 4.39. The molecule has 2 heterocycles. The number of ketones is 1. The van der Waals surface area contributed by atoms with E-state index in [4.69, 9.17) is 4.74 Å². The molecule has 0 bridgehead atoms. The summed E-state index contributed by atoms with van der Waals surface area (Å²) in [5.74, 6) is 0.747. The molecule has 0 aliphatic heterocycles. The van der Waals surface area contributed by atoms with Gasteiger partial charge in [-0.05, 0) is 43.3 Å². The fraction of sp³-hybridized carbons (Fsp3) is 0.125. The van der Waals surface area contributed by atoms with Gasteiger partial charge in [-0.15, -0.1) is 0 Å². The fourth-order valence-electron chi connectivity index (χ4n) is 2.17. The van der Waals surface area contributed by atoms with E-state index in [1.807, 2.05) is 31.2 Å². The van der Waals surface area contributed by atoms with E-state index in [-0.39, 0.29) is 5.78 Å². The molecule has 4 heteroatoms. The Morgan fingerprint density at radius 2 is 2.05 bits per heavy atom. The zero-order valence-corrected chi connectivity index (χ0v) is 11.1. The van der Waals surface area contributed by atoms with Gasteiger partial charge in [-0.3, -0.25) is 4.79 Å². The molecule has 0 amide bonds. The molecule has 0 radical (unpaired) electrons. The second-order valence-corrected chi connectivity index (χ2v) is 4.39. The molecule has 0 fully saturated rings. The zero-order chi connectivity index (χ0) is 13.9. The molecule has 0 aliphatic carbocycles. The Hall–Kier alpha value is -2.62. The van der Waals surface area contributed by atoms with Gasteiger partial charge in [0.25, 0.3) is 0 Å². The Morgan fingerprint density at radius 3 is 2.80 bits per heavy atom. The summed E-state index contributed by atoms with van der Waals surface area (Å²) in [6, 6.07) is 10.9. The number of carbonyl (C=O) groups excluding carboxylic acids is 1. The van der Waals surface area contributed by atoms with Gasteiger partial charge in [0.05, 0.1) is 6.61 Å². The lowest BCUT2D eigenvalue weighted by Gasteiger charge is -2.04. The molecular weight excluding hydrogens is 252 g/mol. The number of rotatable bonds is 4. The van der Waals surface area contributed by atoms with E-state index in [1.165, 1.54) is 0 Å². The first-order valence-corrected chi connectivity index (χ1v) is 6.49. The summed E-state index contributed by atoms with van der Waals surface area (Å²) < 4.78 is 5.37. The Labute approximate surface area is 116 Å². The van der Waals surface area contributed by atoms with Crippen molar-refractivity contribution in [2.24, 2.45) is 0 Å². The van der Waals surface area contributed by atoms with Crippen LogP contribution in [0.1, 0.15) is 22.8 Å². The van der Waals surface area contributed by atoms with Crippen molar-refractivity contribution in [3.63, 3.8) is 0 Å². The van der Waals surface area contributed by atoms with Gasteiger partial charge in [0.15, 0.2) is 5.78 Å². The highest BCUT2D eigenvalue weighted by atomic mass is 16.5. The predicted octanol–water partition coefficient (Wildman–Crippen LogP) is 3.19. The van der Waals surface area contributed by atoms with Crippen LogP contribution in [-0.2, 0) is 0 Å². The van der Waals surface area contributed by atoms with E-state index in [0.29, 0.717) is 17.7 Å². The number of H-pyrrole nitrogens is 1. The Kier molecular flexibility index (Phi) is 3.21. The van der Waals surface area contributed by atoms with Gasteiger partial charge in [-0.1, -0.05) is 0 Å².